The molecule has 21 heavy (non-hydrogen) atoms. The number of halogens is 1. The summed E-state index contributed by atoms with van der Waals surface area (Å²) in [6, 6.07) is 4.38. The van der Waals surface area contributed by atoms with Gasteiger partial charge in [0.05, 0.1) is 6.54 Å². The SMILES string of the molecule is Cc1nc(C(=O)N2CCC(Oc3cccc(F)n3)C2)co1. The maximum Gasteiger partial charge on any atom is 0.275 e. The fraction of sp³-hybridized carbons (Fsp3) is 0.357. The predicted molar refractivity (Wildman–Crippen MR) is 70.4 cm³/mol. The van der Waals surface area contributed by atoms with Gasteiger partial charge < -0.3 is 14.1 Å². The van der Waals surface area contributed by atoms with Crippen LogP contribution < -0.4 is 4.74 Å². The van der Waals surface area contributed by atoms with E-state index in [1.165, 1.54) is 18.4 Å². The first-order chi connectivity index (χ1) is 10.1. The number of likely N-dealkylation sites (tertiary alicyclic amines) is 1. The van der Waals surface area contributed by atoms with Crippen molar-refractivity contribution in [1.82, 2.24) is 14.9 Å². The van der Waals surface area contributed by atoms with Crippen LogP contribution in [0.25, 0.3) is 0 Å². The second-order valence-electron chi connectivity index (χ2n) is 4.83. The smallest absolute Gasteiger partial charge is 0.275 e. The zero-order valence-electron chi connectivity index (χ0n) is 11.5. The lowest BCUT2D eigenvalue weighted by Crippen LogP contribution is -2.31. The van der Waals surface area contributed by atoms with E-state index < -0.39 is 5.95 Å². The largest absolute Gasteiger partial charge is 0.472 e. The third-order valence-corrected chi connectivity index (χ3v) is 3.25. The Labute approximate surface area is 120 Å². The number of oxazole rings is 1. The van der Waals surface area contributed by atoms with Gasteiger partial charge in [0, 0.05) is 26.0 Å². The molecule has 0 saturated carbocycles. The van der Waals surface area contributed by atoms with Gasteiger partial charge in [0.25, 0.3) is 5.91 Å². The molecule has 1 saturated heterocycles. The summed E-state index contributed by atoms with van der Waals surface area (Å²) >= 11 is 0. The summed E-state index contributed by atoms with van der Waals surface area (Å²) in [5.74, 6) is -0.0949. The number of nitrogens with zero attached hydrogens (tertiary/aromatic N) is 3. The second kappa shape index (κ2) is 5.51. The Morgan fingerprint density at radius 2 is 2.33 bits per heavy atom. The molecule has 1 amide bonds. The minimum atomic E-state index is -0.587. The maximum atomic E-state index is 13.0. The minimum Gasteiger partial charge on any atom is -0.472 e. The summed E-state index contributed by atoms with van der Waals surface area (Å²) in [4.78, 5) is 21.5. The third kappa shape index (κ3) is 3.01. The number of ether oxygens (including phenoxy) is 1. The number of hydrogen-bond acceptors (Lipinski definition) is 5. The van der Waals surface area contributed by atoms with Gasteiger partial charge in [-0.15, -0.1) is 0 Å². The second-order valence-corrected chi connectivity index (χ2v) is 4.83. The number of amides is 1. The number of aryl methyl sites for hydroxylation is 1. The normalized spacial score (nSPS) is 18.0. The van der Waals surface area contributed by atoms with E-state index in [1.807, 2.05) is 0 Å². The van der Waals surface area contributed by atoms with Crippen molar-refractivity contribution in [3.05, 3.63) is 42.0 Å². The van der Waals surface area contributed by atoms with Gasteiger partial charge in [-0.3, -0.25) is 4.79 Å². The van der Waals surface area contributed by atoms with Crippen LogP contribution in [0.4, 0.5) is 4.39 Å². The van der Waals surface area contributed by atoms with E-state index in [0.717, 1.165) is 0 Å². The van der Waals surface area contributed by atoms with Gasteiger partial charge in [0.2, 0.25) is 11.8 Å². The zero-order valence-corrected chi connectivity index (χ0v) is 11.5. The van der Waals surface area contributed by atoms with Gasteiger partial charge in [-0.05, 0) is 6.07 Å². The van der Waals surface area contributed by atoms with E-state index in [4.69, 9.17) is 9.15 Å². The molecule has 0 N–H and O–H groups in total. The van der Waals surface area contributed by atoms with Crippen LogP contribution in [-0.4, -0.2) is 40.0 Å². The number of carbonyl (C=O) groups is 1. The molecule has 0 aromatic carbocycles. The van der Waals surface area contributed by atoms with Gasteiger partial charge in [-0.25, -0.2) is 4.98 Å². The maximum absolute atomic E-state index is 13.0. The lowest BCUT2D eigenvalue weighted by molar-refractivity contribution is 0.0765. The number of carbonyl (C=O) groups excluding carboxylic acids is 1. The van der Waals surface area contributed by atoms with Gasteiger partial charge in [0.1, 0.15) is 12.4 Å². The van der Waals surface area contributed by atoms with E-state index in [9.17, 15) is 9.18 Å². The molecule has 3 heterocycles. The number of aromatic nitrogens is 2. The molecule has 110 valence electrons. The Morgan fingerprint density at radius 3 is 3.05 bits per heavy atom. The molecule has 6 nitrogen and oxygen atoms in total. The van der Waals surface area contributed by atoms with Crippen LogP contribution in [0.2, 0.25) is 0 Å². The van der Waals surface area contributed by atoms with Crippen LogP contribution in [0, 0.1) is 12.9 Å². The fourth-order valence-electron chi connectivity index (χ4n) is 2.26. The van der Waals surface area contributed by atoms with Gasteiger partial charge in [-0.2, -0.15) is 9.37 Å². The van der Waals surface area contributed by atoms with Gasteiger partial charge in [-0.1, -0.05) is 6.07 Å². The van der Waals surface area contributed by atoms with Crippen molar-refractivity contribution in [1.29, 1.82) is 0 Å². The van der Waals surface area contributed by atoms with Crippen molar-refractivity contribution in [2.24, 2.45) is 0 Å². The summed E-state index contributed by atoms with van der Waals surface area (Å²) in [5, 5.41) is 0. The highest BCUT2D eigenvalue weighted by atomic mass is 19.1. The molecule has 7 heteroatoms. The van der Waals surface area contributed by atoms with Gasteiger partial charge >= 0.3 is 0 Å². The van der Waals surface area contributed by atoms with Crippen molar-refractivity contribution >= 4 is 5.91 Å². The van der Waals surface area contributed by atoms with Gasteiger partial charge in [0.15, 0.2) is 11.6 Å². The van der Waals surface area contributed by atoms with E-state index in [-0.39, 0.29) is 23.6 Å². The van der Waals surface area contributed by atoms with Crippen molar-refractivity contribution < 1.29 is 18.3 Å². The lowest BCUT2D eigenvalue weighted by atomic mass is 10.3. The van der Waals surface area contributed by atoms with E-state index in [1.54, 1.807) is 17.9 Å². The zero-order chi connectivity index (χ0) is 14.8. The number of rotatable bonds is 3. The Kier molecular flexibility index (Phi) is 3.55. The monoisotopic (exact) mass is 291 g/mol. The van der Waals surface area contributed by atoms with E-state index in [2.05, 4.69) is 9.97 Å². The first-order valence-electron chi connectivity index (χ1n) is 6.62. The van der Waals surface area contributed by atoms with Crippen molar-refractivity contribution in [2.45, 2.75) is 19.4 Å². The van der Waals surface area contributed by atoms with Crippen LogP contribution >= 0.6 is 0 Å². The van der Waals surface area contributed by atoms with Crippen LogP contribution in [0.3, 0.4) is 0 Å². The molecule has 2 aromatic rings. The summed E-state index contributed by atoms with van der Waals surface area (Å²) in [5.41, 5.74) is 0.289. The van der Waals surface area contributed by atoms with Crippen molar-refractivity contribution in [3.8, 4) is 5.88 Å². The average Bonchev–Trinajstić information content (AvgIpc) is 3.07. The number of pyridine rings is 1. The number of hydrogen-bond donors (Lipinski definition) is 0. The topological polar surface area (TPSA) is 68.5 Å². The molecule has 2 aromatic heterocycles. The molecular formula is C14H14FN3O3. The molecule has 0 aliphatic carbocycles. The molecule has 0 spiro atoms. The average molecular weight is 291 g/mol. The Balaban J connectivity index is 1.61. The van der Waals surface area contributed by atoms with E-state index >= 15 is 0 Å². The highest BCUT2D eigenvalue weighted by Crippen LogP contribution is 2.18. The standard InChI is InChI=1S/C14H14FN3O3/c1-9-16-11(8-20-9)14(19)18-6-5-10(7-18)21-13-4-2-3-12(15)17-13/h2-4,8,10H,5-7H2,1H3. The molecule has 0 bridgehead atoms. The first kappa shape index (κ1) is 13.5. The molecular weight excluding hydrogens is 277 g/mol. The fourth-order valence-corrected chi connectivity index (χ4v) is 2.26. The lowest BCUT2D eigenvalue weighted by Gasteiger charge is -2.15. The quantitative estimate of drug-likeness (QED) is 0.807. The van der Waals surface area contributed by atoms with Crippen LogP contribution in [0.5, 0.6) is 5.88 Å². The molecule has 0 radical (unpaired) electrons. The van der Waals surface area contributed by atoms with E-state index in [0.29, 0.717) is 25.4 Å². The molecule has 1 aliphatic heterocycles. The summed E-state index contributed by atoms with van der Waals surface area (Å²) < 4.78 is 23.6. The molecule has 3 rings (SSSR count). The Hall–Kier alpha value is -2.44. The molecule has 1 fully saturated rings. The molecule has 1 unspecified atom stereocenters. The van der Waals surface area contributed by atoms with Crippen LogP contribution in [-0.2, 0) is 0 Å². The van der Waals surface area contributed by atoms with Crippen LogP contribution in [0.1, 0.15) is 22.8 Å². The highest BCUT2D eigenvalue weighted by molar-refractivity contribution is 5.92. The van der Waals surface area contributed by atoms with Crippen LogP contribution in [0.15, 0.2) is 28.9 Å². The van der Waals surface area contributed by atoms with Crippen molar-refractivity contribution in [3.63, 3.8) is 0 Å². The minimum absolute atomic E-state index is 0.190. The third-order valence-electron chi connectivity index (χ3n) is 3.25. The van der Waals surface area contributed by atoms with Crippen molar-refractivity contribution in [2.75, 3.05) is 13.1 Å². The predicted octanol–water partition coefficient (Wildman–Crippen LogP) is 1.81. The Morgan fingerprint density at radius 1 is 1.48 bits per heavy atom. The molecule has 1 aliphatic rings. The molecule has 1 atom stereocenters. The Bertz CT molecular complexity index is 658. The summed E-state index contributed by atoms with van der Waals surface area (Å²) in [6.07, 6.45) is 1.82. The highest BCUT2D eigenvalue weighted by Gasteiger charge is 2.29. The summed E-state index contributed by atoms with van der Waals surface area (Å²) in [6.45, 7) is 2.66. The first-order valence-corrected chi connectivity index (χ1v) is 6.62. The summed E-state index contributed by atoms with van der Waals surface area (Å²) in [7, 11) is 0.